The quantitative estimate of drug-likeness (QED) is 0.885. The number of hydrogen-bond donors (Lipinski definition) is 1. The summed E-state index contributed by atoms with van der Waals surface area (Å²) in [5, 5.41) is 0. The Balaban J connectivity index is 2.22. The van der Waals surface area contributed by atoms with Crippen molar-refractivity contribution in [3.63, 3.8) is 0 Å². The van der Waals surface area contributed by atoms with Crippen molar-refractivity contribution in [1.29, 1.82) is 0 Å². The SMILES string of the molecule is NCc1ccc(C(F)(F)F)c(OCC2CC2)c1. The molecule has 1 aliphatic rings. The van der Waals surface area contributed by atoms with Gasteiger partial charge in [-0.2, -0.15) is 13.2 Å². The zero-order valence-corrected chi connectivity index (χ0v) is 9.26. The van der Waals surface area contributed by atoms with Crippen LogP contribution < -0.4 is 10.5 Å². The number of hydrogen-bond acceptors (Lipinski definition) is 2. The van der Waals surface area contributed by atoms with E-state index in [4.69, 9.17) is 10.5 Å². The first kappa shape index (κ1) is 12.2. The number of halogens is 3. The Labute approximate surface area is 97.6 Å². The highest BCUT2D eigenvalue weighted by Gasteiger charge is 2.35. The monoisotopic (exact) mass is 245 g/mol. The van der Waals surface area contributed by atoms with Crippen LogP contribution in [-0.2, 0) is 12.7 Å². The lowest BCUT2D eigenvalue weighted by molar-refractivity contribution is -0.139. The summed E-state index contributed by atoms with van der Waals surface area (Å²) in [5.41, 5.74) is 5.33. The molecule has 5 heteroatoms. The van der Waals surface area contributed by atoms with Gasteiger partial charge in [-0.05, 0) is 36.5 Å². The molecule has 1 saturated carbocycles. The molecule has 0 atom stereocenters. The van der Waals surface area contributed by atoms with Crippen LogP contribution >= 0.6 is 0 Å². The molecular weight excluding hydrogens is 231 g/mol. The first-order valence-corrected chi connectivity index (χ1v) is 5.53. The molecule has 0 amide bonds. The lowest BCUT2D eigenvalue weighted by Crippen LogP contribution is -2.11. The predicted octanol–water partition coefficient (Wildman–Crippen LogP) is 2.95. The molecule has 1 aromatic rings. The van der Waals surface area contributed by atoms with Gasteiger partial charge in [0.15, 0.2) is 0 Å². The van der Waals surface area contributed by atoms with Crippen LogP contribution in [0.1, 0.15) is 24.0 Å². The number of ether oxygens (including phenoxy) is 1. The van der Waals surface area contributed by atoms with E-state index < -0.39 is 11.7 Å². The van der Waals surface area contributed by atoms with Gasteiger partial charge in [0.25, 0.3) is 0 Å². The second-order valence-corrected chi connectivity index (χ2v) is 4.29. The van der Waals surface area contributed by atoms with Crippen LogP contribution in [0.15, 0.2) is 18.2 Å². The van der Waals surface area contributed by atoms with Crippen molar-refractivity contribution in [2.24, 2.45) is 11.7 Å². The Bertz CT molecular complexity index is 399. The van der Waals surface area contributed by atoms with Crippen LogP contribution in [-0.4, -0.2) is 6.61 Å². The summed E-state index contributed by atoms with van der Waals surface area (Å²) in [6.45, 7) is 0.565. The predicted molar refractivity (Wildman–Crippen MR) is 57.6 cm³/mol. The van der Waals surface area contributed by atoms with E-state index in [1.165, 1.54) is 12.1 Å². The van der Waals surface area contributed by atoms with Crippen LogP contribution in [0.5, 0.6) is 5.75 Å². The Kier molecular flexibility index (Phi) is 3.28. The van der Waals surface area contributed by atoms with E-state index in [1.807, 2.05) is 0 Å². The van der Waals surface area contributed by atoms with Crippen LogP contribution in [0.3, 0.4) is 0 Å². The van der Waals surface area contributed by atoms with Gasteiger partial charge in [-0.15, -0.1) is 0 Å². The van der Waals surface area contributed by atoms with Crippen molar-refractivity contribution in [3.8, 4) is 5.75 Å². The third-order valence-electron chi connectivity index (χ3n) is 2.76. The molecule has 0 aliphatic heterocycles. The highest BCUT2D eigenvalue weighted by atomic mass is 19.4. The first-order valence-electron chi connectivity index (χ1n) is 5.53. The van der Waals surface area contributed by atoms with Crippen LogP contribution in [0.25, 0.3) is 0 Å². The van der Waals surface area contributed by atoms with E-state index in [0.717, 1.165) is 18.9 Å². The molecule has 0 aromatic heterocycles. The molecule has 2 nitrogen and oxygen atoms in total. The molecule has 1 aromatic carbocycles. The molecule has 1 fully saturated rings. The van der Waals surface area contributed by atoms with Crippen LogP contribution in [0, 0.1) is 5.92 Å². The summed E-state index contributed by atoms with van der Waals surface area (Å²) in [6, 6.07) is 3.79. The third kappa shape index (κ3) is 3.12. The van der Waals surface area contributed by atoms with Crippen molar-refractivity contribution < 1.29 is 17.9 Å². The smallest absolute Gasteiger partial charge is 0.419 e. The third-order valence-corrected chi connectivity index (χ3v) is 2.76. The van der Waals surface area contributed by atoms with Gasteiger partial charge in [-0.3, -0.25) is 0 Å². The molecular formula is C12H14F3NO. The Hall–Kier alpha value is -1.23. The van der Waals surface area contributed by atoms with E-state index in [9.17, 15) is 13.2 Å². The molecule has 2 N–H and O–H groups in total. The molecule has 0 saturated heterocycles. The van der Waals surface area contributed by atoms with Crippen LogP contribution in [0.4, 0.5) is 13.2 Å². The molecule has 17 heavy (non-hydrogen) atoms. The summed E-state index contributed by atoms with van der Waals surface area (Å²) in [6.07, 6.45) is -2.30. The standard InChI is InChI=1S/C12H14F3NO/c13-12(14,15)10-4-3-9(6-16)5-11(10)17-7-8-1-2-8/h3-5,8H,1-2,6-7,16H2. The normalized spacial score (nSPS) is 16.0. The van der Waals surface area contributed by atoms with Crippen molar-refractivity contribution in [3.05, 3.63) is 29.3 Å². The lowest BCUT2D eigenvalue weighted by Gasteiger charge is -2.14. The molecule has 1 aliphatic carbocycles. The fourth-order valence-electron chi connectivity index (χ4n) is 1.54. The topological polar surface area (TPSA) is 35.2 Å². The maximum atomic E-state index is 12.7. The average Bonchev–Trinajstić information content (AvgIpc) is 3.08. The summed E-state index contributed by atoms with van der Waals surface area (Å²) in [4.78, 5) is 0. The van der Waals surface area contributed by atoms with Gasteiger partial charge in [0.1, 0.15) is 5.75 Å². The van der Waals surface area contributed by atoms with Crippen molar-refractivity contribution in [2.45, 2.75) is 25.6 Å². The van der Waals surface area contributed by atoms with Gasteiger partial charge < -0.3 is 10.5 Å². The van der Waals surface area contributed by atoms with Gasteiger partial charge >= 0.3 is 6.18 Å². The zero-order chi connectivity index (χ0) is 12.5. The minimum absolute atomic E-state index is 0.104. The van der Waals surface area contributed by atoms with Gasteiger partial charge in [0.05, 0.1) is 12.2 Å². The second-order valence-electron chi connectivity index (χ2n) is 4.29. The van der Waals surface area contributed by atoms with E-state index in [2.05, 4.69) is 0 Å². The average molecular weight is 245 g/mol. The molecule has 0 radical (unpaired) electrons. The van der Waals surface area contributed by atoms with Crippen molar-refractivity contribution in [2.75, 3.05) is 6.61 Å². The highest BCUT2D eigenvalue weighted by Crippen LogP contribution is 2.38. The highest BCUT2D eigenvalue weighted by molar-refractivity contribution is 5.39. The van der Waals surface area contributed by atoms with Gasteiger partial charge in [0, 0.05) is 6.54 Å². The maximum absolute atomic E-state index is 12.7. The summed E-state index contributed by atoms with van der Waals surface area (Å²) in [5.74, 6) is 0.310. The molecule has 0 bridgehead atoms. The zero-order valence-electron chi connectivity index (χ0n) is 9.26. The van der Waals surface area contributed by atoms with E-state index >= 15 is 0 Å². The van der Waals surface area contributed by atoms with Crippen molar-refractivity contribution in [1.82, 2.24) is 0 Å². The maximum Gasteiger partial charge on any atom is 0.419 e. The van der Waals surface area contributed by atoms with Crippen LogP contribution in [0.2, 0.25) is 0 Å². The van der Waals surface area contributed by atoms with Gasteiger partial charge in [-0.1, -0.05) is 6.07 Å². The molecule has 94 valence electrons. The number of alkyl halides is 3. The summed E-state index contributed by atoms with van der Waals surface area (Å²) < 4.78 is 43.4. The second kappa shape index (κ2) is 4.56. The number of nitrogens with two attached hydrogens (primary N) is 1. The Morgan fingerprint density at radius 1 is 1.29 bits per heavy atom. The van der Waals surface area contributed by atoms with Gasteiger partial charge in [0.2, 0.25) is 0 Å². The first-order chi connectivity index (χ1) is 8.00. The number of rotatable bonds is 4. The van der Waals surface area contributed by atoms with E-state index in [1.54, 1.807) is 0 Å². The number of benzene rings is 1. The molecule has 0 unspecified atom stereocenters. The fourth-order valence-corrected chi connectivity index (χ4v) is 1.54. The minimum atomic E-state index is -4.38. The van der Waals surface area contributed by atoms with E-state index in [-0.39, 0.29) is 12.3 Å². The van der Waals surface area contributed by atoms with Gasteiger partial charge in [-0.25, -0.2) is 0 Å². The van der Waals surface area contributed by atoms with Crippen molar-refractivity contribution >= 4 is 0 Å². The largest absolute Gasteiger partial charge is 0.493 e. The minimum Gasteiger partial charge on any atom is -0.493 e. The summed E-state index contributed by atoms with van der Waals surface area (Å²) >= 11 is 0. The summed E-state index contributed by atoms with van der Waals surface area (Å²) in [7, 11) is 0. The molecule has 0 heterocycles. The Morgan fingerprint density at radius 2 is 2.00 bits per heavy atom. The molecule has 0 spiro atoms. The van der Waals surface area contributed by atoms with E-state index in [0.29, 0.717) is 18.1 Å². The molecule has 2 rings (SSSR count). The fraction of sp³-hybridized carbons (Fsp3) is 0.500. The Morgan fingerprint density at radius 3 is 2.53 bits per heavy atom. The lowest BCUT2D eigenvalue weighted by atomic mass is 10.1.